The molecule has 47 heavy (non-hydrogen) atoms. The van der Waals surface area contributed by atoms with Gasteiger partial charge in [-0.2, -0.15) is 0 Å². The molecule has 0 spiro atoms. The maximum Gasteiger partial charge on any atom is 0.511 e. The van der Waals surface area contributed by atoms with Crippen LogP contribution in [0.3, 0.4) is 0 Å². The highest BCUT2D eigenvalue weighted by atomic mass is 16.7. The van der Waals surface area contributed by atoms with Crippen molar-refractivity contribution < 1.29 is 44.7 Å². The summed E-state index contributed by atoms with van der Waals surface area (Å²) in [5.41, 5.74) is 5.08. The van der Waals surface area contributed by atoms with E-state index in [4.69, 9.17) is 24.3 Å². The molecule has 12 nitrogen and oxygen atoms in total. The smallest absolute Gasteiger partial charge is 0.493 e. The van der Waals surface area contributed by atoms with E-state index >= 15 is 0 Å². The van der Waals surface area contributed by atoms with Crippen LogP contribution in [-0.2, 0) is 19.4 Å². The second kappa shape index (κ2) is 16.1. The summed E-state index contributed by atoms with van der Waals surface area (Å²) < 4.78 is 17.7. The van der Waals surface area contributed by atoms with Crippen molar-refractivity contribution in [1.82, 2.24) is 9.55 Å². The van der Waals surface area contributed by atoms with Crippen molar-refractivity contribution in [3.8, 4) is 28.4 Å². The Morgan fingerprint density at radius 1 is 0.979 bits per heavy atom. The fourth-order valence-corrected chi connectivity index (χ4v) is 5.38. The summed E-state index contributed by atoms with van der Waals surface area (Å²) >= 11 is 0. The van der Waals surface area contributed by atoms with Crippen LogP contribution in [0.5, 0.6) is 17.2 Å². The Morgan fingerprint density at radius 2 is 1.72 bits per heavy atom. The van der Waals surface area contributed by atoms with Crippen molar-refractivity contribution in [1.29, 1.82) is 0 Å². The highest BCUT2D eigenvalue weighted by Gasteiger charge is 2.23. The van der Waals surface area contributed by atoms with Crippen molar-refractivity contribution in [3.05, 3.63) is 101 Å². The van der Waals surface area contributed by atoms with E-state index in [0.717, 1.165) is 47.6 Å². The number of allylic oxidation sites excluding steroid dienone is 1. The Bertz CT molecular complexity index is 1810. The second-order valence-corrected chi connectivity index (χ2v) is 10.4. The van der Waals surface area contributed by atoms with Crippen molar-refractivity contribution in [3.63, 3.8) is 0 Å². The molecule has 1 aliphatic rings. The van der Waals surface area contributed by atoms with Gasteiger partial charge in [0.15, 0.2) is 17.8 Å². The molecule has 0 saturated carbocycles. The average molecular weight is 644 g/mol. The summed E-state index contributed by atoms with van der Waals surface area (Å²) in [6.45, 7) is 2.69. The van der Waals surface area contributed by atoms with Gasteiger partial charge >= 0.3 is 6.16 Å². The summed E-state index contributed by atoms with van der Waals surface area (Å²) in [6, 6.07) is 18.0. The lowest BCUT2D eigenvalue weighted by Gasteiger charge is -2.16. The Hall–Kier alpha value is -5.59. The number of imidazole rings is 1. The van der Waals surface area contributed by atoms with Gasteiger partial charge in [0.2, 0.25) is 0 Å². The monoisotopic (exact) mass is 643 g/mol. The minimum Gasteiger partial charge on any atom is -0.493 e. The molecule has 0 unspecified atom stereocenters. The standard InChI is InChI=1S/C35H33N3O7.2H2O/c1-4-5-10-32-37-28-17-15-24(36-34(40)26-16-18-31(43-2)33(44-3)27(26)21-39)19-29(28)38(32)20-22-11-13-23(14-12-22)25-8-6-7-9-30(25)45-35(41)42;;/h6-9,11-18,21H,4-5,10,19-20H2,1-3H3,(H,41,42);2*1H2. The van der Waals surface area contributed by atoms with Gasteiger partial charge in [-0.05, 0) is 47.9 Å². The summed E-state index contributed by atoms with van der Waals surface area (Å²) in [6.07, 6.45) is 6.05. The maximum atomic E-state index is 13.3. The molecule has 0 fully saturated rings. The average Bonchev–Trinajstić information content (AvgIpc) is 3.39. The zero-order valence-corrected chi connectivity index (χ0v) is 26.3. The van der Waals surface area contributed by atoms with E-state index in [1.807, 2.05) is 42.5 Å². The third-order valence-electron chi connectivity index (χ3n) is 7.59. The molecule has 0 radical (unpaired) electrons. The first-order valence-corrected chi connectivity index (χ1v) is 14.5. The largest absolute Gasteiger partial charge is 0.511 e. The number of aromatic nitrogens is 2. The van der Waals surface area contributed by atoms with Gasteiger partial charge in [0, 0.05) is 24.9 Å². The Labute approximate surface area is 271 Å². The number of carbonyl (C=O) groups excluding carboxylic acids is 2. The zero-order valence-electron chi connectivity index (χ0n) is 26.3. The molecule has 1 aromatic heterocycles. The van der Waals surface area contributed by atoms with Crippen LogP contribution < -0.4 is 14.2 Å². The SMILES string of the molecule is CCCCc1nc2c(n1Cc1ccc(-c3ccccc3OC(=O)O)cc1)CC(=NC(=O)c1ccc(OC)c(OC)c1C=O)C=C2.O.O. The first kappa shape index (κ1) is 35.9. The molecule has 0 saturated heterocycles. The molecule has 3 aromatic carbocycles. The van der Waals surface area contributed by atoms with Gasteiger partial charge in [0.1, 0.15) is 11.6 Å². The third kappa shape index (κ3) is 7.80. The van der Waals surface area contributed by atoms with E-state index in [-0.39, 0.29) is 33.6 Å². The van der Waals surface area contributed by atoms with Gasteiger partial charge in [-0.3, -0.25) is 9.59 Å². The van der Waals surface area contributed by atoms with Gasteiger partial charge < -0.3 is 34.8 Å². The quantitative estimate of drug-likeness (QED) is 0.134. The Balaban J connectivity index is 0.00000300. The van der Waals surface area contributed by atoms with Gasteiger partial charge in [-0.1, -0.05) is 55.8 Å². The van der Waals surface area contributed by atoms with Crippen LogP contribution in [0.15, 0.2) is 71.7 Å². The molecule has 4 aromatic rings. The van der Waals surface area contributed by atoms with Crippen LogP contribution in [0.25, 0.3) is 17.2 Å². The van der Waals surface area contributed by atoms with Crippen molar-refractivity contribution in [2.75, 3.05) is 14.2 Å². The van der Waals surface area contributed by atoms with E-state index in [9.17, 15) is 14.4 Å². The Morgan fingerprint density at radius 3 is 2.38 bits per heavy atom. The minimum atomic E-state index is -1.37. The van der Waals surface area contributed by atoms with Gasteiger partial charge in [0.05, 0.1) is 42.4 Å². The third-order valence-corrected chi connectivity index (χ3v) is 7.59. The number of aldehydes is 1. The maximum absolute atomic E-state index is 13.3. The number of rotatable bonds is 11. The molecule has 1 aliphatic carbocycles. The molecular weight excluding hydrogens is 606 g/mol. The number of carboxylic acid groups (broad SMARTS) is 1. The number of aliphatic imine (C=N–C) groups is 1. The molecule has 246 valence electrons. The zero-order chi connectivity index (χ0) is 31.9. The molecule has 1 amide bonds. The number of carbonyl (C=O) groups is 3. The summed E-state index contributed by atoms with van der Waals surface area (Å²) in [5, 5.41) is 9.11. The van der Waals surface area contributed by atoms with Gasteiger partial charge in [-0.25, -0.2) is 14.8 Å². The number of benzene rings is 3. The van der Waals surface area contributed by atoms with Crippen LogP contribution in [0, 0.1) is 0 Å². The van der Waals surface area contributed by atoms with E-state index in [1.165, 1.54) is 20.3 Å². The highest BCUT2D eigenvalue weighted by molar-refractivity contribution is 6.13. The number of fused-ring (bicyclic) bond motifs is 1. The molecule has 12 heteroatoms. The number of aryl methyl sites for hydroxylation is 1. The number of hydrogen-bond acceptors (Lipinski definition) is 7. The lowest BCUT2D eigenvalue weighted by Crippen LogP contribution is -2.15. The van der Waals surface area contributed by atoms with Crippen molar-refractivity contribution >= 4 is 30.1 Å². The van der Waals surface area contributed by atoms with E-state index in [2.05, 4.69) is 16.5 Å². The normalized spacial score (nSPS) is 12.4. The van der Waals surface area contributed by atoms with Crippen molar-refractivity contribution in [2.24, 2.45) is 4.99 Å². The van der Waals surface area contributed by atoms with E-state index in [0.29, 0.717) is 36.3 Å². The Kier molecular flexibility index (Phi) is 12.3. The van der Waals surface area contributed by atoms with Crippen LogP contribution in [0.2, 0.25) is 0 Å². The molecular formula is C35H37N3O9. The molecule has 5 N–H and O–H groups in total. The van der Waals surface area contributed by atoms with Gasteiger partial charge in [-0.15, -0.1) is 0 Å². The number of para-hydroxylation sites is 1. The minimum absolute atomic E-state index is 0. The lowest BCUT2D eigenvalue weighted by molar-refractivity contribution is 0.0994. The first-order valence-electron chi connectivity index (χ1n) is 14.5. The highest BCUT2D eigenvalue weighted by Crippen LogP contribution is 2.33. The lowest BCUT2D eigenvalue weighted by atomic mass is 10.0. The molecule has 0 atom stereocenters. The van der Waals surface area contributed by atoms with Crippen LogP contribution in [0.4, 0.5) is 4.79 Å². The van der Waals surface area contributed by atoms with Gasteiger partial charge in [0.25, 0.3) is 5.91 Å². The number of amides is 1. The fourth-order valence-electron chi connectivity index (χ4n) is 5.38. The molecule has 5 rings (SSSR count). The molecule has 1 heterocycles. The van der Waals surface area contributed by atoms with Crippen LogP contribution in [0.1, 0.15) is 63.3 Å². The number of hydrogen-bond donors (Lipinski definition) is 1. The summed E-state index contributed by atoms with van der Waals surface area (Å²) in [7, 11) is 2.87. The van der Waals surface area contributed by atoms with E-state index in [1.54, 1.807) is 24.3 Å². The number of unbranched alkanes of at least 4 members (excludes halogenated alkanes) is 1. The molecule has 0 aliphatic heterocycles. The molecule has 0 bridgehead atoms. The van der Waals surface area contributed by atoms with E-state index < -0.39 is 12.1 Å². The number of nitrogens with zero attached hydrogens (tertiary/aromatic N) is 3. The topological polar surface area (TPSA) is 192 Å². The predicted molar refractivity (Wildman–Crippen MR) is 177 cm³/mol. The summed E-state index contributed by atoms with van der Waals surface area (Å²) in [5.74, 6) is 1.19. The fraction of sp³-hybridized carbons (Fsp3) is 0.229. The second-order valence-electron chi connectivity index (χ2n) is 10.4. The summed E-state index contributed by atoms with van der Waals surface area (Å²) in [4.78, 5) is 45.6. The predicted octanol–water partition coefficient (Wildman–Crippen LogP) is 5.03. The number of ether oxygens (including phenoxy) is 3. The van der Waals surface area contributed by atoms with Crippen molar-refractivity contribution in [2.45, 2.75) is 39.2 Å². The van der Waals surface area contributed by atoms with Crippen LogP contribution in [-0.4, -0.2) is 63.9 Å². The van der Waals surface area contributed by atoms with Crippen LogP contribution >= 0.6 is 0 Å². The first-order chi connectivity index (χ1) is 21.9. The number of methoxy groups -OCH3 is 2.